The molecule has 0 aliphatic rings. The average molecular weight is 330 g/mol. The molecule has 0 heterocycles. The first-order valence-electron chi connectivity index (χ1n) is 7.22. The number of aryl methyl sites for hydroxylation is 2. The summed E-state index contributed by atoms with van der Waals surface area (Å²) >= 11 is 0. The highest BCUT2D eigenvalue weighted by Crippen LogP contribution is 2.30. The van der Waals surface area contributed by atoms with E-state index in [0.717, 1.165) is 11.1 Å². The van der Waals surface area contributed by atoms with E-state index in [-0.39, 0.29) is 24.0 Å². The molecule has 2 rings (SSSR count). The summed E-state index contributed by atoms with van der Waals surface area (Å²) in [5, 5.41) is 13.6. The molecule has 2 aromatic carbocycles. The molecule has 7 nitrogen and oxygen atoms in total. The fourth-order valence-electron chi connectivity index (χ4n) is 2.29. The Morgan fingerprint density at radius 1 is 1.17 bits per heavy atom. The molecule has 7 heteroatoms. The summed E-state index contributed by atoms with van der Waals surface area (Å²) in [5.74, 6) is 0.0672. The topological polar surface area (TPSA) is 90.7 Å². The van der Waals surface area contributed by atoms with Crippen molar-refractivity contribution in [2.45, 2.75) is 13.8 Å². The third-order valence-electron chi connectivity index (χ3n) is 3.22. The molecule has 0 aliphatic carbocycles. The van der Waals surface area contributed by atoms with E-state index in [4.69, 9.17) is 9.47 Å². The van der Waals surface area contributed by atoms with Crippen molar-refractivity contribution in [3.63, 3.8) is 0 Å². The summed E-state index contributed by atoms with van der Waals surface area (Å²) in [7, 11) is 1.33. The van der Waals surface area contributed by atoms with Crippen LogP contribution in [0.2, 0.25) is 0 Å². The largest absolute Gasteiger partial charge is 0.490 e. The van der Waals surface area contributed by atoms with Crippen LogP contribution in [0.1, 0.15) is 11.1 Å². The molecular weight excluding hydrogens is 312 g/mol. The highest BCUT2D eigenvalue weighted by Gasteiger charge is 2.15. The fourth-order valence-corrected chi connectivity index (χ4v) is 2.29. The Bertz CT molecular complexity index is 753. The molecule has 0 aliphatic heterocycles. The second-order valence-corrected chi connectivity index (χ2v) is 5.30. The van der Waals surface area contributed by atoms with Crippen LogP contribution >= 0.6 is 0 Å². The van der Waals surface area contributed by atoms with Gasteiger partial charge in [0, 0.05) is 17.8 Å². The minimum Gasteiger partial charge on any atom is -0.490 e. The number of anilines is 1. The number of benzene rings is 2. The van der Waals surface area contributed by atoms with Gasteiger partial charge in [0.2, 0.25) is 5.75 Å². The third-order valence-corrected chi connectivity index (χ3v) is 3.22. The zero-order valence-electron chi connectivity index (χ0n) is 13.7. The maximum absolute atomic E-state index is 12.0. The lowest BCUT2D eigenvalue weighted by atomic mass is 10.1. The minimum absolute atomic E-state index is 0.0761. The second-order valence-electron chi connectivity index (χ2n) is 5.30. The highest BCUT2D eigenvalue weighted by atomic mass is 16.6. The van der Waals surface area contributed by atoms with Crippen molar-refractivity contribution in [1.29, 1.82) is 0 Å². The summed E-state index contributed by atoms with van der Waals surface area (Å²) in [6.07, 6.45) is 0. The van der Waals surface area contributed by atoms with Crippen molar-refractivity contribution < 1.29 is 19.2 Å². The number of rotatable bonds is 6. The van der Waals surface area contributed by atoms with Gasteiger partial charge in [-0.2, -0.15) is 0 Å². The lowest BCUT2D eigenvalue weighted by Gasteiger charge is -2.10. The number of carbonyl (C=O) groups is 1. The Kier molecular flexibility index (Phi) is 5.36. The third kappa shape index (κ3) is 4.45. The average Bonchev–Trinajstić information content (AvgIpc) is 2.51. The van der Waals surface area contributed by atoms with Crippen LogP contribution in [0.5, 0.6) is 11.5 Å². The Hall–Kier alpha value is -3.09. The Labute approximate surface area is 139 Å². The molecule has 0 atom stereocenters. The molecule has 0 fully saturated rings. The summed E-state index contributed by atoms with van der Waals surface area (Å²) in [4.78, 5) is 22.3. The summed E-state index contributed by atoms with van der Waals surface area (Å²) in [5.41, 5.74) is 2.63. The van der Waals surface area contributed by atoms with Gasteiger partial charge in [0.15, 0.2) is 6.61 Å². The quantitative estimate of drug-likeness (QED) is 0.648. The van der Waals surface area contributed by atoms with E-state index in [0.29, 0.717) is 11.4 Å². The van der Waals surface area contributed by atoms with E-state index in [1.807, 2.05) is 32.0 Å². The van der Waals surface area contributed by atoms with Crippen LogP contribution in [-0.4, -0.2) is 24.5 Å². The highest BCUT2D eigenvalue weighted by molar-refractivity contribution is 5.92. The number of nitro benzene ring substituents is 1. The molecule has 126 valence electrons. The van der Waals surface area contributed by atoms with E-state index >= 15 is 0 Å². The van der Waals surface area contributed by atoms with Gasteiger partial charge >= 0.3 is 5.69 Å². The van der Waals surface area contributed by atoms with E-state index in [1.54, 1.807) is 0 Å². The van der Waals surface area contributed by atoms with E-state index < -0.39 is 4.92 Å². The van der Waals surface area contributed by atoms with Gasteiger partial charge in [0.25, 0.3) is 5.91 Å². The van der Waals surface area contributed by atoms with Crippen LogP contribution in [0.15, 0.2) is 36.4 Å². The van der Waals surface area contributed by atoms with E-state index in [9.17, 15) is 14.9 Å². The van der Waals surface area contributed by atoms with Gasteiger partial charge < -0.3 is 14.8 Å². The molecular formula is C17H18N2O5. The zero-order chi connectivity index (χ0) is 17.7. The number of hydrogen-bond donors (Lipinski definition) is 1. The van der Waals surface area contributed by atoms with Crippen LogP contribution in [0.3, 0.4) is 0 Å². The van der Waals surface area contributed by atoms with Crippen LogP contribution < -0.4 is 14.8 Å². The number of carbonyl (C=O) groups excluding carboxylic acids is 1. The van der Waals surface area contributed by atoms with Crippen LogP contribution in [0, 0.1) is 24.0 Å². The Balaban J connectivity index is 2.00. The van der Waals surface area contributed by atoms with Gasteiger partial charge in [-0.1, -0.05) is 6.07 Å². The number of nitrogens with one attached hydrogen (secondary N) is 1. The van der Waals surface area contributed by atoms with E-state index in [1.165, 1.54) is 25.3 Å². The van der Waals surface area contributed by atoms with Crippen molar-refractivity contribution >= 4 is 17.3 Å². The van der Waals surface area contributed by atoms with Gasteiger partial charge in [0.1, 0.15) is 5.75 Å². The first-order valence-corrected chi connectivity index (χ1v) is 7.22. The smallest absolute Gasteiger partial charge is 0.311 e. The molecule has 0 unspecified atom stereocenters. The molecule has 0 bridgehead atoms. The number of ether oxygens (including phenoxy) is 2. The zero-order valence-corrected chi connectivity index (χ0v) is 13.7. The van der Waals surface area contributed by atoms with Crippen molar-refractivity contribution in [2.24, 2.45) is 0 Å². The van der Waals surface area contributed by atoms with Crippen molar-refractivity contribution in [3.8, 4) is 11.5 Å². The van der Waals surface area contributed by atoms with Gasteiger partial charge in [-0.25, -0.2) is 0 Å². The standard InChI is InChI=1S/C17H18N2O5/c1-11-6-12(2)8-13(7-11)18-17(20)10-24-14-4-5-15(19(21)22)16(9-14)23-3/h4-9H,10H2,1-3H3,(H,18,20). The first-order chi connectivity index (χ1) is 11.4. The summed E-state index contributed by atoms with van der Waals surface area (Å²) < 4.78 is 10.3. The lowest BCUT2D eigenvalue weighted by molar-refractivity contribution is -0.385. The molecule has 2 aromatic rings. The monoisotopic (exact) mass is 330 g/mol. The number of nitro groups is 1. The normalized spacial score (nSPS) is 10.1. The fraction of sp³-hybridized carbons (Fsp3) is 0.235. The molecule has 0 spiro atoms. The van der Waals surface area contributed by atoms with Crippen LogP contribution in [0.25, 0.3) is 0 Å². The predicted molar refractivity (Wildman–Crippen MR) is 89.7 cm³/mol. The van der Waals surface area contributed by atoms with Gasteiger partial charge in [-0.15, -0.1) is 0 Å². The molecule has 0 aromatic heterocycles. The summed E-state index contributed by atoms with van der Waals surface area (Å²) in [6.45, 7) is 3.68. The van der Waals surface area contributed by atoms with Crippen molar-refractivity contribution in [3.05, 3.63) is 57.6 Å². The minimum atomic E-state index is -0.546. The van der Waals surface area contributed by atoms with Crippen molar-refractivity contribution in [1.82, 2.24) is 0 Å². The van der Waals surface area contributed by atoms with Crippen LogP contribution in [-0.2, 0) is 4.79 Å². The Morgan fingerprint density at radius 2 is 1.83 bits per heavy atom. The molecule has 0 saturated carbocycles. The number of hydrogen-bond acceptors (Lipinski definition) is 5. The first kappa shape index (κ1) is 17.3. The maximum atomic E-state index is 12.0. The van der Waals surface area contributed by atoms with Crippen molar-refractivity contribution in [2.75, 3.05) is 19.0 Å². The molecule has 1 N–H and O–H groups in total. The maximum Gasteiger partial charge on any atom is 0.311 e. The van der Waals surface area contributed by atoms with Gasteiger partial charge in [-0.3, -0.25) is 14.9 Å². The van der Waals surface area contributed by atoms with Gasteiger partial charge in [-0.05, 0) is 43.2 Å². The molecule has 1 amide bonds. The molecule has 24 heavy (non-hydrogen) atoms. The lowest BCUT2D eigenvalue weighted by Crippen LogP contribution is -2.20. The number of methoxy groups -OCH3 is 1. The SMILES string of the molecule is COc1cc(OCC(=O)Nc2cc(C)cc(C)c2)ccc1[N+](=O)[O-]. The summed E-state index contributed by atoms with van der Waals surface area (Å²) in [6, 6.07) is 9.80. The molecule has 0 saturated heterocycles. The van der Waals surface area contributed by atoms with Crippen LogP contribution in [0.4, 0.5) is 11.4 Å². The number of amides is 1. The van der Waals surface area contributed by atoms with E-state index in [2.05, 4.69) is 5.32 Å². The molecule has 0 radical (unpaired) electrons. The predicted octanol–water partition coefficient (Wildman–Crippen LogP) is 3.24. The number of nitrogens with zero attached hydrogens (tertiary/aromatic N) is 1. The second kappa shape index (κ2) is 7.45. The van der Waals surface area contributed by atoms with Gasteiger partial charge in [0.05, 0.1) is 12.0 Å². The Morgan fingerprint density at radius 3 is 2.42 bits per heavy atom.